The number of ketones is 1. The van der Waals surface area contributed by atoms with Crippen molar-refractivity contribution in [1.82, 2.24) is 4.98 Å². The summed E-state index contributed by atoms with van der Waals surface area (Å²) in [7, 11) is 0. The average Bonchev–Trinajstić information content (AvgIpc) is 2.46. The van der Waals surface area contributed by atoms with E-state index in [9.17, 15) is 4.79 Å². The fourth-order valence-electron chi connectivity index (χ4n) is 1.14. The largest absolute Gasteiger partial charge is 0.357 e. The molecule has 0 fully saturated rings. The summed E-state index contributed by atoms with van der Waals surface area (Å²) in [6.45, 7) is 11.9. The van der Waals surface area contributed by atoms with Gasteiger partial charge in [-0.05, 0) is 20.8 Å². The zero-order valence-corrected chi connectivity index (χ0v) is 11.7. The lowest BCUT2D eigenvalue weighted by molar-refractivity contribution is 0.0853. The van der Waals surface area contributed by atoms with Gasteiger partial charge < -0.3 is 5.32 Å². The Morgan fingerprint density at radius 2 is 1.81 bits per heavy atom. The first kappa shape index (κ1) is 13.2. The van der Waals surface area contributed by atoms with Crippen molar-refractivity contribution in [3.8, 4) is 0 Å². The van der Waals surface area contributed by atoms with Gasteiger partial charge in [-0.15, -0.1) is 11.3 Å². The molecule has 0 spiro atoms. The zero-order chi connectivity index (χ0) is 12.6. The molecule has 1 N–H and O–H groups in total. The van der Waals surface area contributed by atoms with Crippen LogP contribution in [0, 0.1) is 5.41 Å². The molecule has 0 saturated heterocycles. The van der Waals surface area contributed by atoms with Gasteiger partial charge in [-0.3, -0.25) is 4.79 Å². The first-order valence-corrected chi connectivity index (χ1v) is 6.26. The summed E-state index contributed by atoms with van der Waals surface area (Å²) < 4.78 is 0. The average molecular weight is 240 g/mol. The van der Waals surface area contributed by atoms with E-state index in [0.717, 1.165) is 5.13 Å². The molecular weight excluding hydrogens is 220 g/mol. The number of carbonyl (C=O) groups excluding carboxylic acids is 1. The minimum atomic E-state index is -0.368. The number of anilines is 1. The van der Waals surface area contributed by atoms with Gasteiger partial charge in [0.2, 0.25) is 0 Å². The molecule has 0 radical (unpaired) electrons. The second-order valence-electron chi connectivity index (χ2n) is 5.99. The molecule has 0 atom stereocenters. The predicted octanol–water partition coefficient (Wildman–Crippen LogP) is 3.58. The molecule has 3 nitrogen and oxygen atoms in total. The summed E-state index contributed by atoms with van der Waals surface area (Å²) >= 11 is 1.48. The summed E-state index contributed by atoms with van der Waals surface area (Å²) in [5, 5.41) is 5.89. The molecule has 0 saturated carbocycles. The first-order valence-electron chi connectivity index (χ1n) is 5.38. The third kappa shape index (κ3) is 3.59. The van der Waals surface area contributed by atoms with Gasteiger partial charge >= 0.3 is 0 Å². The second kappa shape index (κ2) is 4.17. The summed E-state index contributed by atoms with van der Waals surface area (Å²) in [6, 6.07) is 0. The smallest absolute Gasteiger partial charge is 0.187 e. The molecule has 0 amide bonds. The molecule has 0 unspecified atom stereocenters. The normalized spacial score (nSPS) is 12.6. The van der Waals surface area contributed by atoms with E-state index >= 15 is 0 Å². The van der Waals surface area contributed by atoms with Gasteiger partial charge in [0.1, 0.15) is 5.69 Å². The van der Waals surface area contributed by atoms with Gasteiger partial charge in [-0.25, -0.2) is 4.98 Å². The highest BCUT2D eigenvalue weighted by Gasteiger charge is 2.25. The number of aromatic nitrogens is 1. The Balaban J connectivity index is 2.84. The Hall–Kier alpha value is -0.900. The molecule has 0 aromatic carbocycles. The van der Waals surface area contributed by atoms with E-state index in [1.165, 1.54) is 11.3 Å². The number of nitrogens with zero attached hydrogens (tertiary/aromatic N) is 1. The number of carbonyl (C=O) groups is 1. The molecule has 0 aliphatic rings. The van der Waals surface area contributed by atoms with Crippen molar-refractivity contribution in [2.24, 2.45) is 5.41 Å². The maximum absolute atomic E-state index is 12.0. The van der Waals surface area contributed by atoms with Crippen LogP contribution in [0.15, 0.2) is 5.38 Å². The van der Waals surface area contributed by atoms with Gasteiger partial charge in [0.15, 0.2) is 10.9 Å². The highest BCUT2D eigenvalue weighted by Crippen LogP contribution is 2.25. The van der Waals surface area contributed by atoms with E-state index in [1.54, 1.807) is 0 Å². The standard InChI is InChI=1S/C12H20N2OS/c1-11(2,3)9(15)8-7-16-10(13-8)14-12(4,5)6/h7H,1-6H3,(H,13,14). The Labute approximate surface area is 101 Å². The minimum absolute atomic E-state index is 0.0279. The highest BCUT2D eigenvalue weighted by atomic mass is 32.1. The molecule has 4 heteroatoms. The van der Waals surface area contributed by atoms with Crippen LogP contribution in [-0.4, -0.2) is 16.3 Å². The van der Waals surface area contributed by atoms with Crippen LogP contribution in [0.5, 0.6) is 0 Å². The van der Waals surface area contributed by atoms with Gasteiger partial charge in [-0.2, -0.15) is 0 Å². The third-order valence-electron chi connectivity index (χ3n) is 1.90. The van der Waals surface area contributed by atoms with E-state index in [2.05, 4.69) is 31.1 Å². The van der Waals surface area contributed by atoms with E-state index < -0.39 is 0 Å². The maximum Gasteiger partial charge on any atom is 0.187 e. The molecule has 0 bridgehead atoms. The lowest BCUT2D eigenvalue weighted by Crippen LogP contribution is -2.26. The van der Waals surface area contributed by atoms with Gasteiger partial charge in [0.05, 0.1) is 0 Å². The Morgan fingerprint density at radius 1 is 1.25 bits per heavy atom. The maximum atomic E-state index is 12.0. The van der Waals surface area contributed by atoms with Crippen LogP contribution in [0.2, 0.25) is 0 Å². The lowest BCUT2D eigenvalue weighted by Gasteiger charge is -2.19. The number of hydrogen-bond acceptors (Lipinski definition) is 4. The summed E-state index contributed by atoms with van der Waals surface area (Å²) in [5.41, 5.74) is 0.164. The third-order valence-corrected chi connectivity index (χ3v) is 2.66. The van der Waals surface area contributed by atoms with E-state index in [4.69, 9.17) is 0 Å². The van der Waals surface area contributed by atoms with Crippen LogP contribution < -0.4 is 5.32 Å². The van der Waals surface area contributed by atoms with Crippen molar-refractivity contribution in [2.45, 2.75) is 47.1 Å². The lowest BCUT2D eigenvalue weighted by atomic mass is 9.89. The van der Waals surface area contributed by atoms with Crippen LogP contribution in [0.3, 0.4) is 0 Å². The summed E-state index contributed by atoms with van der Waals surface area (Å²) in [5.74, 6) is 0.0886. The van der Waals surface area contributed by atoms with Crippen molar-refractivity contribution in [3.63, 3.8) is 0 Å². The summed E-state index contributed by atoms with van der Waals surface area (Å²) in [6.07, 6.45) is 0. The van der Waals surface area contributed by atoms with Crippen LogP contribution in [0.4, 0.5) is 5.13 Å². The van der Waals surface area contributed by atoms with Crippen molar-refractivity contribution < 1.29 is 4.79 Å². The fraction of sp³-hybridized carbons (Fsp3) is 0.667. The zero-order valence-electron chi connectivity index (χ0n) is 10.8. The SMILES string of the molecule is CC(C)(C)Nc1nc(C(=O)C(C)(C)C)cs1. The first-order chi connectivity index (χ1) is 7.09. The molecule has 1 aromatic heterocycles. The Bertz CT molecular complexity index is 382. The number of nitrogens with one attached hydrogen (secondary N) is 1. The van der Waals surface area contributed by atoms with Gasteiger partial charge in [-0.1, -0.05) is 20.8 Å². The molecule has 0 aliphatic carbocycles. The van der Waals surface area contributed by atoms with Crippen molar-refractivity contribution in [3.05, 3.63) is 11.1 Å². The molecule has 16 heavy (non-hydrogen) atoms. The van der Waals surface area contributed by atoms with E-state index in [0.29, 0.717) is 5.69 Å². The van der Waals surface area contributed by atoms with Gasteiger partial charge in [0.25, 0.3) is 0 Å². The van der Waals surface area contributed by atoms with Crippen molar-refractivity contribution in [2.75, 3.05) is 5.32 Å². The molecule has 0 aliphatic heterocycles. The molecule has 90 valence electrons. The van der Waals surface area contributed by atoms with Crippen LogP contribution in [0.1, 0.15) is 52.0 Å². The quantitative estimate of drug-likeness (QED) is 0.803. The molecule has 1 heterocycles. The summed E-state index contributed by atoms with van der Waals surface area (Å²) in [4.78, 5) is 16.3. The number of thiazole rings is 1. The van der Waals surface area contributed by atoms with Crippen molar-refractivity contribution in [1.29, 1.82) is 0 Å². The van der Waals surface area contributed by atoms with Crippen LogP contribution in [0.25, 0.3) is 0 Å². The monoisotopic (exact) mass is 240 g/mol. The molecule has 1 rings (SSSR count). The number of rotatable bonds is 2. The Morgan fingerprint density at radius 3 is 2.25 bits per heavy atom. The van der Waals surface area contributed by atoms with E-state index in [1.807, 2.05) is 26.2 Å². The highest BCUT2D eigenvalue weighted by molar-refractivity contribution is 7.13. The van der Waals surface area contributed by atoms with Gasteiger partial charge in [0, 0.05) is 16.3 Å². The molecule has 1 aromatic rings. The number of Topliss-reactive ketones (excluding diaryl/α,β-unsaturated/α-hetero) is 1. The second-order valence-corrected chi connectivity index (χ2v) is 6.85. The Kier molecular flexibility index (Phi) is 3.43. The molecular formula is C12H20N2OS. The fourth-order valence-corrected chi connectivity index (χ4v) is 2.04. The topological polar surface area (TPSA) is 42.0 Å². The van der Waals surface area contributed by atoms with Crippen molar-refractivity contribution >= 4 is 22.3 Å². The predicted molar refractivity (Wildman–Crippen MR) is 69.3 cm³/mol. The minimum Gasteiger partial charge on any atom is -0.357 e. The number of hydrogen-bond donors (Lipinski definition) is 1. The van der Waals surface area contributed by atoms with E-state index in [-0.39, 0.29) is 16.7 Å². The van der Waals surface area contributed by atoms with Crippen LogP contribution >= 0.6 is 11.3 Å². The van der Waals surface area contributed by atoms with Crippen LogP contribution in [-0.2, 0) is 0 Å².